The lowest BCUT2D eigenvalue weighted by molar-refractivity contribution is -0.172. The number of hydrogen-bond acceptors (Lipinski definition) is 4. The summed E-state index contributed by atoms with van der Waals surface area (Å²) in [5.41, 5.74) is 0.524. The van der Waals surface area contributed by atoms with Gasteiger partial charge in [-0.05, 0) is 31.2 Å². The molecule has 1 aromatic heterocycles. The van der Waals surface area contributed by atoms with Crippen LogP contribution in [0, 0.1) is 0 Å². The maximum absolute atomic E-state index is 12.3. The molecule has 0 fully saturated rings. The van der Waals surface area contributed by atoms with E-state index in [1.165, 1.54) is 0 Å². The third-order valence-electron chi connectivity index (χ3n) is 2.59. The maximum Gasteiger partial charge on any atom is 0.450 e. The molecule has 1 atom stereocenters. The summed E-state index contributed by atoms with van der Waals surface area (Å²) in [6.45, 7) is 1.06. The third kappa shape index (κ3) is 2.98. The quantitative estimate of drug-likeness (QED) is 0.869. The van der Waals surface area contributed by atoms with Crippen LogP contribution in [0.1, 0.15) is 18.7 Å². The molecule has 1 unspecified atom stereocenters. The van der Waals surface area contributed by atoms with Gasteiger partial charge in [0.25, 0.3) is 0 Å². The lowest BCUT2D eigenvalue weighted by Gasteiger charge is -2.08. The van der Waals surface area contributed by atoms with E-state index in [-0.39, 0.29) is 11.7 Å². The molecule has 0 N–H and O–H groups in total. The van der Waals surface area contributed by atoms with Gasteiger partial charge < -0.3 is 4.52 Å². The topological polar surface area (TPSA) is 56.0 Å². The molecule has 1 heterocycles. The number of benzene rings is 1. The molecule has 0 saturated carbocycles. The molecule has 0 aliphatic heterocycles. The highest BCUT2D eigenvalue weighted by Crippen LogP contribution is 2.28. The van der Waals surface area contributed by atoms with Crippen LogP contribution in [0.2, 0.25) is 5.02 Å². The first-order valence-electron chi connectivity index (χ1n) is 5.49. The molecular weight excluding hydrogens is 297 g/mol. The normalized spacial score (nSPS) is 13.2. The number of Topliss-reactive ketones (excluding diaryl/α,β-unsaturated/α-hetero) is 1. The van der Waals surface area contributed by atoms with Gasteiger partial charge in [0.15, 0.2) is 0 Å². The van der Waals surface area contributed by atoms with E-state index in [2.05, 4.69) is 10.1 Å². The van der Waals surface area contributed by atoms with Crippen molar-refractivity contribution in [3.05, 3.63) is 35.2 Å². The predicted molar refractivity (Wildman–Crippen MR) is 64.2 cm³/mol. The van der Waals surface area contributed by atoms with Crippen molar-refractivity contribution in [3.63, 3.8) is 0 Å². The maximum atomic E-state index is 12.3. The summed E-state index contributed by atoms with van der Waals surface area (Å²) < 4.78 is 41.6. The zero-order valence-electron chi connectivity index (χ0n) is 10.1. The van der Waals surface area contributed by atoms with Gasteiger partial charge in [0.2, 0.25) is 17.5 Å². The van der Waals surface area contributed by atoms with Gasteiger partial charge in [0.1, 0.15) is 5.92 Å². The Morgan fingerprint density at radius 3 is 2.45 bits per heavy atom. The molecule has 0 bridgehead atoms. The Morgan fingerprint density at radius 2 is 1.90 bits per heavy atom. The van der Waals surface area contributed by atoms with Crippen LogP contribution < -0.4 is 0 Å². The van der Waals surface area contributed by atoms with Crippen molar-refractivity contribution >= 4 is 17.4 Å². The first-order chi connectivity index (χ1) is 9.29. The van der Waals surface area contributed by atoms with Crippen molar-refractivity contribution in [1.82, 2.24) is 10.1 Å². The van der Waals surface area contributed by atoms with Gasteiger partial charge in [-0.25, -0.2) is 0 Å². The van der Waals surface area contributed by atoms with E-state index in [1.54, 1.807) is 24.3 Å². The molecule has 0 aliphatic carbocycles. The number of aromatic nitrogens is 2. The van der Waals surface area contributed by atoms with Crippen molar-refractivity contribution < 1.29 is 22.5 Å². The molecule has 0 saturated heterocycles. The Bertz CT molecular complexity index is 622. The van der Waals surface area contributed by atoms with Gasteiger partial charge in [-0.3, -0.25) is 4.79 Å². The Morgan fingerprint density at radius 1 is 1.30 bits per heavy atom. The zero-order valence-corrected chi connectivity index (χ0v) is 10.9. The van der Waals surface area contributed by atoms with E-state index in [4.69, 9.17) is 16.1 Å². The standard InChI is InChI=1S/C12H8ClF3N2O2/c1-6(9(19)12(14,15)16)11-17-10(18-20-11)7-2-4-8(13)5-3-7/h2-6H,1H3. The largest absolute Gasteiger partial charge is 0.450 e. The summed E-state index contributed by atoms with van der Waals surface area (Å²) in [4.78, 5) is 14.9. The number of hydrogen-bond donors (Lipinski definition) is 0. The Kier molecular flexibility index (Phi) is 3.80. The molecule has 0 radical (unpaired) electrons. The van der Waals surface area contributed by atoms with E-state index < -0.39 is 17.9 Å². The summed E-state index contributed by atoms with van der Waals surface area (Å²) in [6.07, 6.45) is -4.94. The van der Waals surface area contributed by atoms with Crippen molar-refractivity contribution in [2.24, 2.45) is 0 Å². The molecule has 1 aromatic carbocycles. The fourth-order valence-electron chi connectivity index (χ4n) is 1.48. The van der Waals surface area contributed by atoms with E-state index in [1.807, 2.05) is 0 Å². The number of ketones is 1. The summed E-state index contributed by atoms with van der Waals surface area (Å²) in [7, 11) is 0. The smallest absolute Gasteiger partial charge is 0.338 e. The summed E-state index contributed by atoms with van der Waals surface area (Å²) in [5, 5.41) is 4.05. The third-order valence-corrected chi connectivity index (χ3v) is 2.84. The number of carbonyl (C=O) groups is 1. The van der Waals surface area contributed by atoms with Crippen molar-refractivity contribution in [3.8, 4) is 11.4 Å². The fourth-order valence-corrected chi connectivity index (χ4v) is 1.61. The Balaban J connectivity index is 2.25. The van der Waals surface area contributed by atoms with E-state index in [9.17, 15) is 18.0 Å². The van der Waals surface area contributed by atoms with Gasteiger partial charge in [-0.2, -0.15) is 18.2 Å². The molecule has 2 rings (SSSR count). The number of rotatable bonds is 3. The highest BCUT2D eigenvalue weighted by Gasteiger charge is 2.44. The fraction of sp³-hybridized carbons (Fsp3) is 0.250. The number of carbonyl (C=O) groups excluding carboxylic acids is 1. The van der Waals surface area contributed by atoms with Crippen LogP contribution in [0.25, 0.3) is 11.4 Å². The second-order valence-corrected chi connectivity index (χ2v) is 4.48. The van der Waals surface area contributed by atoms with Crippen LogP contribution >= 0.6 is 11.6 Å². The minimum atomic E-state index is -4.94. The lowest BCUT2D eigenvalue weighted by atomic mass is 10.1. The molecule has 106 valence electrons. The van der Waals surface area contributed by atoms with E-state index in [0.717, 1.165) is 6.92 Å². The highest BCUT2D eigenvalue weighted by molar-refractivity contribution is 6.30. The number of nitrogens with zero attached hydrogens (tertiary/aromatic N) is 2. The second kappa shape index (κ2) is 5.24. The van der Waals surface area contributed by atoms with Crippen molar-refractivity contribution in [2.45, 2.75) is 19.0 Å². The first kappa shape index (κ1) is 14.5. The average Bonchev–Trinajstić information content (AvgIpc) is 2.86. The van der Waals surface area contributed by atoms with Crippen molar-refractivity contribution in [1.29, 1.82) is 0 Å². The molecule has 2 aromatic rings. The van der Waals surface area contributed by atoms with Crippen molar-refractivity contribution in [2.75, 3.05) is 0 Å². The minimum Gasteiger partial charge on any atom is -0.338 e. The Labute approximate surface area is 116 Å². The molecule has 0 amide bonds. The SMILES string of the molecule is CC(C(=O)C(F)(F)F)c1nc(-c2ccc(Cl)cc2)no1. The van der Waals surface area contributed by atoms with Crippen LogP contribution in [-0.4, -0.2) is 22.1 Å². The average molecular weight is 305 g/mol. The molecule has 0 spiro atoms. The van der Waals surface area contributed by atoms with E-state index in [0.29, 0.717) is 10.6 Å². The molecular formula is C12H8ClF3N2O2. The second-order valence-electron chi connectivity index (χ2n) is 4.05. The van der Waals surface area contributed by atoms with Crippen LogP contribution in [0.4, 0.5) is 13.2 Å². The van der Waals surface area contributed by atoms with Gasteiger partial charge in [0.05, 0.1) is 0 Å². The van der Waals surface area contributed by atoms with Crippen LogP contribution in [-0.2, 0) is 4.79 Å². The highest BCUT2D eigenvalue weighted by atomic mass is 35.5. The molecule has 0 aliphatic rings. The lowest BCUT2D eigenvalue weighted by Crippen LogP contribution is -2.27. The molecule has 8 heteroatoms. The van der Waals surface area contributed by atoms with Gasteiger partial charge in [-0.15, -0.1) is 0 Å². The summed E-state index contributed by atoms with van der Waals surface area (Å²) >= 11 is 5.71. The Hall–Kier alpha value is -1.89. The number of alkyl halides is 3. The number of halogens is 4. The van der Waals surface area contributed by atoms with Gasteiger partial charge in [-0.1, -0.05) is 16.8 Å². The minimum absolute atomic E-state index is 0.0958. The molecule has 4 nitrogen and oxygen atoms in total. The van der Waals surface area contributed by atoms with Gasteiger partial charge >= 0.3 is 6.18 Å². The zero-order chi connectivity index (χ0) is 14.9. The van der Waals surface area contributed by atoms with Crippen LogP contribution in [0.15, 0.2) is 28.8 Å². The summed E-state index contributed by atoms with van der Waals surface area (Å²) in [6, 6.07) is 6.34. The monoisotopic (exact) mass is 304 g/mol. The van der Waals surface area contributed by atoms with Crippen LogP contribution in [0.5, 0.6) is 0 Å². The summed E-state index contributed by atoms with van der Waals surface area (Å²) in [5.74, 6) is -3.75. The van der Waals surface area contributed by atoms with Gasteiger partial charge in [0, 0.05) is 10.6 Å². The van der Waals surface area contributed by atoms with E-state index >= 15 is 0 Å². The molecule has 20 heavy (non-hydrogen) atoms. The first-order valence-corrected chi connectivity index (χ1v) is 5.87. The van der Waals surface area contributed by atoms with Crippen LogP contribution in [0.3, 0.4) is 0 Å². The predicted octanol–water partition coefficient (Wildman–Crippen LogP) is 3.62.